The molecule has 2 heterocycles. The van der Waals surface area contributed by atoms with E-state index in [9.17, 15) is 9.18 Å². The largest absolute Gasteiger partial charge is 0.346 e. The highest BCUT2D eigenvalue weighted by molar-refractivity contribution is 8.93. The Morgan fingerprint density at radius 1 is 1.47 bits per heavy atom. The fraction of sp³-hybridized carbons (Fsp3) is 0.250. The third-order valence-corrected chi connectivity index (χ3v) is 3.36. The third kappa shape index (κ3) is 2.66. The van der Waals surface area contributed by atoms with Gasteiger partial charge in [-0.05, 0) is 17.7 Å². The van der Waals surface area contributed by atoms with Gasteiger partial charge in [0.05, 0.1) is 17.0 Å². The first kappa shape index (κ1) is 14.1. The predicted molar refractivity (Wildman–Crippen MR) is 79.6 cm³/mol. The summed E-state index contributed by atoms with van der Waals surface area (Å²) in [7, 11) is 0. The summed E-state index contributed by atoms with van der Waals surface area (Å²) in [5.74, 6) is -0.406. The number of benzene rings is 1. The lowest BCUT2D eigenvalue weighted by atomic mass is 10.1. The van der Waals surface area contributed by atoms with E-state index in [2.05, 4.69) is 10.3 Å². The molecule has 1 N–H and O–H groups in total. The molecule has 0 aromatic heterocycles. The fourth-order valence-corrected chi connectivity index (χ4v) is 2.42. The van der Waals surface area contributed by atoms with Gasteiger partial charge >= 0.3 is 0 Å². The summed E-state index contributed by atoms with van der Waals surface area (Å²) in [6.45, 7) is 0.541. The van der Waals surface area contributed by atoms with Gasteiger partial charge in [-0.25, -0.2) is 9.38 Å². The van der Waals surface area contributed by atoms with Gasteiger partial charge in [0.2, 0.25) is 5.91 Å². The molecular weight excluding hydrogens is 333 g/mol. The maximum Gasteiger partial charge on any atom is 0.247 e. The predicted octanol–water partition coefficient (Wildman–Crippen LogP) is 2.09. The highest BCUT2D eigenvalue weighted by Crippen LogP contribution is 2.27. The Balaban J connectivity index is 0.00000133. The minimum Gasteiger partial charge on any atom is -0.346 e. The summed E-state index contributed by atoms with van der Waals surface area (Å²) in [5, 5.41) is 2.63. The van der Waals surface area contributed by atoms with Gasteiger partial charge in [0.25, 0.3) is 0 Å². The number of nitrogens with zero attached hydrogens (tertiary/aromatic N) is 2. The van der Waals surface area contributed by atoms with Crippen molar-refractivity contribution in [2.24, 2.45) is 4.99 Å². The molecule has 0 aliphatic carbocycles. The Kier molecular flexibility index (Phi) is 3.96. The van der Waals surface area contributed by atoms with E-state index in [1.165, 1.54) is 12.1 Å². The van der Waals surface area contributed by atoms with Crippen LogP contribution in [0.1, 0.15) is 12.0 Å². The highest BCUT2D eigenvalue weighted by atomic mass is 79.9. The summed E-state index contributed by atoms with van der Waals surface area (Å²) in [4.78, 5) is 18.3. The standard InChI is InChI=1S/C12H10FN3OS.BrH/c13-8-2-1-7-5-16(6-14-9(7)3-8)10-4-11(18)15-12(10)17;/h1-3,6,10H,4-5H2,(H,15,17,18);1H. The van der Waals surface area contributed by atoms with Crippen LogP contribution in [0.5, 0.6) is 0 Å². The van der Waals surface area contributed by atoms with Gasteiger partial charge in [-0.1, -0.05) is 18.3 Å². The third-order valence-electron chi connectivity index (χ3n) is 3.09. The maximum absolute atomic E-state index is 13.0. The molecule has 1 amide bonds. The first-order chi connectivity index (χ1) is 8.63. The molecule has 0 radical (unpaired) electrons. The van der Waals surface area contributed by atoms with Crippen LogP contribution in [0.3, 0.4) is 0 Å². The lowest BCUT2D eigenvalue weighted by Gasteiger charge is -2.27. The van der Waals surface area contributed by atoms with Crippen LogP contribution in [0.25, 0.3) is 0 Å². The lowest BCUT2D eigenvalue weighted by molar-refractivity contribution is -0.122. The van der Waals surface area contributed by atoms with Crippen LogP contribution in [0.2, 0.25) is 0 Å². The number of carbonyl (C=O) groups is 1. The minimum absolute atomic E-state index is 0. The number of halogens is 2. The van der Waals surface area contributed by atoms with Crippen molar-refractivity contribution in [2.75, 3.05) is 0 Å². The van der Waals surface area contributed by atoms with Crippen LogP contribution in [0.15, 0.2) is 23.2 Å². The number of nitrogens with one attached hydrogen (secondary N) is 1. The Bertz CT molecular complexity index is 578. The van der Waals surface area contributed by atoms with Crippen molar-refractivity contribution in [2.45, 2.75) is 19.0 Å². The van der Waals surface area contributed by atoms with Gasteiger partial charge in [-0.3, -0.25) is 4.79 Å². The smallest absolute Gasteiger partial charge is 0.247 e. The molecule has 0 spiro atoms. The SMILES string of the molecule is Br.O=C1NC(=S)CC1N1C=Nc2cc(F)ccc2C1. The maximum atomic E-state index is 13.0. The molecule has 1 aromatic rings. The molecule has 0 saturated carbocycles. The Morgan fingerprint density at radius 2 is 2.26 bits per heavy atom. The average Bonchev–Trinajstić information content (AvgIpc) is 2.68. The van der Waals surface area contributed by atoms with Crippen LogP contribution in [-0.4, -0.2) is 28.2 Å². The van der Waals surface area contributed by atoms with Gasteiger partial charge in [0.1, 0.15) is 11.9 Å². The van der Waals surface area contributed by atoms with Gasteiger partial charge in [-0.15, -0.1) is 17.0 Å². The quantitative estimate of drug-likeness (QED) is 0.794. The number of aliphatic imine (C=N–C) groups is 1. The van der Waals surface area contributed by atoms with Crippen molar-refractivity contribution in [1.82, 2.24) is 10.2 Å². The second-order valence-electron chi connectivity index (χ2n) is 4.32. The van der Waals surface area contributed by atoms with Crippen molar-refractivity contribution < 1.29 is 9.18 Å². The van der Waals surface area contributed by atoms with Crippen molar-refractivity contribution in [3.63, 3.8) is 0 Å². The number of amides is 1. The van der Waals surface area contributed by atoms with Gasteiger partial charge in [0.15, 0.2) is 0 Å². The summed E-state index contributed by atoms with van der Waals surface area (Å²) in [6, 6.07) is 4.18. The Hall–Kier alpha value is -1.34. The first-order valence-corrected chi connectivity index (χ1v) is 5.96. The zero-order valence-corrected chi connectivity index (χ0v) is 12.3. The number of rotatable bonds is 1. The minimum atomic E-state index is -0.306. The molecule has 1 aromatic carbocycles. The van der Waals surface area contributed by atoms with Crippen molar-refractivity contribution in [3.05, 3.63) is 29.6 Å². The number of hydrogen-bond acceptors (Lipinski definition) is 4. The van der Waals surface area contributed by atoms with E-state index in [1.807, 2.05) is 4.90 Å². The zero-order chi connectivity index (χ0) is 12.7. The van der Waals surface area contributed by atoms with E-state index in [4.69, 9.17) is 12.2 Å². The summed E-state index contributed by atoms with van der Waals surface area (Å²) < 4.78 is 13.0. The highest BCUT2D eigenvalue weighted by Gasteiger charge is 2.33. The molecule has 19 heavy (non-hydrogen) atoms. The van der Waals surface area contributed by atoms with E-state index in [0.717, 1.165) is 5.56 Å². The number of thiocarbonyl (C=S) groups is 1. The summed E-state index contributed by atoms with van der Waals surface area (Å²) in [5.41, 5.74) is 1.52. The molecular formula is C12H11BrFN3OS. The first-order valence-electron chi connectivity index (χ1n) is 5.55. The zero-order valence-electron chi connectivity index (χ0n) is 9.80. The molecule has 2 aliphatic rings. The number of hydrogen-bond donors (Lipinski definition) is 1. The molecule has 7 heteroatoms. The monoisotopic (exact) mass is 343 g/mol. The molecule has 1 fully saturated rings. The molecule has 2 aliphatic heterocycles. The Labute approximate surface area is 125 Å². The van der Waals surface area contributed by atoms with E-state index >= 15 is 0 Å². The molecule has 1 atom stereocenters. The normalized spacial score (nSPS) is 20.9. The van der Waals surface area contributed by atoms with E-state index in [-0.39, 0.29) is 34.7 Å². The average molecular weight is 344 g/mol. The number of carbonyl (C=O) groups excluding carboxylic acids is 1. The van der Waals surface area contributed by atoms with Crippen LogP contribution in [0, 0.1) is 5.82 Å². The van der Waals surface area contributed by atoms with Gasteiger partial charge in [0, 0.05) is 13.0 Å². The van der Waals surface area contributed by atoms with Crippen LogP contribution >= 0.6 is 29.2 Å². The van der Waals surface area contributed by atoms with E-state index < -0.39 is 0 Å². The molecule has 1 unspecified atom stereocenters. The molecule has 4 nitrogen and oxygen atoms in total. The Morgan fingerprint density at radius 3 is 2.95 bits per heavy atom. The second kappa shape index (κ2) is 5.34. The number of fused-ring (bicyclic) bond motifs is 1. The lowest BCUT2D eigenvalue weighted by Crippen LogP contribution is -2.40. The van der Waals surface area contributed by atoms with Crippen molar-refractivity contribution in [1.29, 1.82) is 0 Å². The van der Waals surface area contributed by atoms with Crippen molar-refractivity contribution >= 4 is 52.1 Å². The van der Waals surface area contributed by atoms with Crippen LogP contribution in [0.4, 0.5) is 10.1 Å². The topological polar surface area (TPSA) is 44.7 Å². The molecule has 3 rings (SSSR count). The van der Waals surface area contributed by atoms with E-state index in [1.54, 1.807) is 12.4 Å². The molecule has 0 bridgehead atoms. The van der Waals surface area contributed by atoms with E-state index in [0.29, 0.717) is 23.6 Å². The van der Waals surface area contributed by atoms with Crippen LogP contribution in [-0.2, 0) is 11.3 Å². The fourth-order valence-electron chi connectivity index (χ4n) is 2.16. The summed E-state index contributed by atoms with van der Waals surface area (Å²) in [6.07, 6.45) is 2.09. The van der Waals surface area contributed by atoms with Gasteiger partial charge in [-0.2, -0.15) is 0 Å². The summed E-state index contributed by atoms with van der Waals surface area (Å²) >= 11 is 4.98. The van der Waals surface area contributed by atoms with Gasteiger partial charge < -0.3 is 10.2 Å². The molecule has 1 saturated heterocycles. The second-order valence-corrected chi connectivity index (χ2v) is 4.82. The van der Waals surface area contributed by atoms with Crippen LogP contribution < -0.4 is 5.32 Å². The van der Waals surface area contributed by atoms with Crippen molar-refractivity contribution in [3.8, 4) is 0 Å². The molecule has 100 valence electrons.